The second-order valence-electron chi connectivity index (χ2n) is 7.12. The van der Waals surface area contributed by atoms with E-state index in [0.717, 1.165) is 28.1 Å². The lowest BCUT2D eigenvalue weighted by Gasteiger charge is -2.32. The minimum atomic E-state index is -1.03. The van der Waals surface area contributed by atoms with Crippen molar-refractivity contribution in [1.82, 2.24) is 9.78 Å². The Hall–Kier alpha value is -3.41. The molecule has 1 N–H and O–H groups in total. The Balaban J connectivity index is 1.81. The Morgan fingerprint density at radius 3 is 2.59 bits per heavy atom. The van der Waals surface area contributed by atoms with E-state index in [1.807, 2.05) is 55.5 Å². The zero-order valence-electron chi connectivity index (χ0n) is 15.1. The summed E-state index contributed by atoms with van der Waals surface area (Å²) in [5.74, 6) is 0.292. The third-order valence-electron chi connectivity index (χ3n) is 5.62. The molecule has 2 amide bonds. The molecule has 3 heterocycles. The molecule has 1 spiro atoms. The zero-order valence-corrected chi connectivity index (χ0v) is 15.1. The summed E-state index contributed by atoms with van der Waals surface area (Å²) in [7, 11) is 1.77. The van der Waals surface area contributed by atoms with Gasteiger partial charge in [-0.25, -0.2) is 4.68 Å². The predicted octanol–water partition coefficient (Wildman–Crippen LogP) is 2.79. The summed E-state index contributed by atoms with van der Waals surface area (Å²) in [5.41, 5.74) is 3.32. The Morgan fingerprint density at radius 2 is 1.81 bits per heavy atom. The molecule has 0 fully saturated rings. The third-order valence-corrected chi connectivity index (χ3v) is 5.62. The molecule has 0 bridgehead atoms. The maximum Gasteiger partial charge on any atom is 0.242 e. The van der Waals surface area contributed by atoms with Gasteiger partial charge in [0.25, 0.3) is 0 Å². The van der Waals surface area contributed by atoms with Gasteiger partial charge in [0.2, 0.25) is 11.8 Å². The average Bonchev–Trinajstić information content (AvgIpc) is 3.18. The van der Waals surface area contributed by atoms with Crippen LogP contribution in [0.2, 0.25) is 0 Å². The van der Waals surface area contributed by atoms with Crippen molar-refractivity contribution in [2.24, 2.45) is 0 Å². The molecule has 2 aromatic carbocycles. The van der Waals surface area contributed by atoms with Gasteiger partial charge < -0.3 is 10.2 Å². The number of fused-ring (bicyclic) bond motifs is 4. The van der Waals surface area contributed by atoms with E-state index in [1.54, 1.807) is 22.8 Å². The van der Waals surface area contributed by atoms with Crippen molar-refractivity contribution >= 4 is 23.3 Å². The summed E-state index contributed by atoms with van der Waals surface area (Å²) in [6, 6.07) is 15.5. The Kier molecular flexibility index (Phi) is 3.10. The molecule has 134 valence electrons. The van der Waals surface area contributed by atoms with Crippen molar-refractivity contribution in [2.45, 2.75) is 18.8 Å². The van der Waals surface area contributed by atoms with E-state index in [9.17, 15) is 9.59 Å². The topological polar surface area (TPSA) is 67.2 Å². The highest BCUT2D eigenvalue weighted by molar-refractivity contribution is 6.16. The molecule has 5 rings (SSSR count). The van der Waals surface area contributed by atoms with Crippen LogP contribution in [-0.4, -0.2) is 28.6 Å². The van der Waals surface area contributed by atoms with Gasteiger partial charge in [0.1, 0.15) is 11.2 Å². The van der Waals surface area contributed by atoms with Gasteiger partial charge in [-0.05, 0) is 30.2 Å². The van der Waals surface area contributed by atoms with Crippen LogP contribution in [0, 0.1) is 6.92 Å². The van der Waals surface area contributed by atoms with Crippen LogP contribution in [0.5, 0.6) is 0 Å². The lowest BCUT2D eigenvalue weighted by Crippen LogP contribution is -2.45. The Labute approximate surface area is 156 Å². The van der Waals surface area contributed by atoms with Crippen LogP contribution in [0.4, 0.5) is 11.5 Å². The van der Waals surface area contributed by atoms with E-state index in [2.05, 4.69) is 10.4 Å². The third kappa shape index (κ3) is 1.92. The summed E-state index contributed by atoms with van der Waals surface area (Å²) in [4.78, 5) is 27.8. The molecule has 6 heteroatoms. The molecular weight excluding hydrogens is 340 g/mol. The molecule has 6 nitrogen and oxygen atoms in total. The second kappa shape index (κ2) is 5.30. The van der Waals surface area contributed by atoms with Crippen LogP contribution in [0.1, 0.15) is 23.1 Å². The van der Waals surface area contributed by atoms with Gasteiger partial charge in [-0.2, -0.15) is 5.10 Å². The van der Waals surface area contributed by atoms with E-state index in [4.69, 9.17) is 0 Å². The summed E-state index contributed by atoms with van der Waals surface area (Å²) in [5, 5.41) is 7.44. The van der Waals surface area contributed by atoms with Crippen molar-refractivity contribution in [3.05, 3.63) is 71.4 Å². The Bertz CT molecular complexity index is 1100. The normalized spacial score (nSPS) is 20.6. The van der Waals surface area contributed by atoms with Crippen LogP contribution in [-0.2, 0) is 15.0 Å². The minimum absolute atomic E-state index is 0.0834. The van der Waals surface area contributed by atoms with Crippen molar-refractivity contribution < 1.29 is 9.59 Å². The number of para-hydroxylation sites is 2. The number of benzene rings is 2. The first-order valence-electron chi connectivity index (χ1n) is 8.86. The summed E-state index contributed by atoms with van der Waals surface area (Å²) >= 11 is 0. The van der Waals surface area contributed by atoms with Crippen LogP contribution in [0.15, 0.2) is 54.7 Å². The fourth-order valence-electron chi connectivity index (χ4n) is 4.44. The fourth-order valence-corrected chi connectivity index (χ4v) is 4.44. The van der Waals surface area contributed by atoms with Crippen LogP contribution < -0.4 is 10.2 Å². The highest BCUT2D eigenvalue weighted by Crippen LogP contribution is 2.52. The van der Waals surface area contributed by atoms with Crippen molar-refractivity contribution in [3.8, 4) is 5.69 Å². The van der Waals surface area contributed by atoms with Gasteiger partial charge in [0.15, 0.2) is 0 Å². The standard InChI is InChI=1S/C21H18N4O2/c1-13-7-6-10-15-18(13)24(2)20(27)21(15)11-17(26)23-19-16(21)12-22-25(19)14-8-4-3-5-9-14/h3-10,12H,11H2,1-2H3,(H,23,26). The van der Waals surface area contributed by atoms with Crippen molar-refractivity contribution in [1.29, 1.82) is 0 Å². The van der Waals surface area contributed by atoms with E-state index in [-0.39, 0.29) is 18.2 Å². The monoisotopic (exact) mass is 358 g/mol. The molecule has 27 heavy (non-hydrogen) atoms. The lowest BCUT2D eigenvalue weighted by atomic mass is 9.71. The smallest absolute Gasteiger partial charge is 0.242 e. The molecule has 0 radical (unpaired) electrons. The van der Waals surface area contributed by atoms with E-state index in [0.29, 0.717) is 5.82 Å². The van der Waals surface area contributed by atoms with Crippen molar-refractivity contribution in [2.75, 3.05) is 17.3 Å². The van der Waals surface area contributed by atoms with Gasteiger partial charge in [0, 0.05) is 19.0 Å². The number of anilines is 2. The number of aromatic nitrogens is 2. The number of hydrogen-bond acceptors (Lipinski definition) is 3. The molecular formula is C21H18N4O2. The van der Waals surface area contributed by atoms with Gasteiger partial charge in [-0.1, -0.05) is 36.4 Å². The minimum Gasteiger partial charge on any atom is -0.314 e. The van der Waals surface area contributed by atoms with Crippen LogP contribution in [0.25, 0.3) is 5.69 Å². The maximum atomic E-state index is 13.5. The lowest BCUT2D eigenvalue weighted by molar-refractivity contribution is -0.126. The number of rotatable bonds is 1. The van der Waals surface area contributed by atoms with Crippen LogP contribution >= 0.6 is 0 Å². The number of hydrogen-bond donors (Lipinski definition) is 1. The Morgan fingerprint density at radius 1 is 1.04 bits per heavy atom. The number of nitrogens with one attached hydrogen (secondary N) is 1. The molecule has 1 aromatic heterocycles. The predicted molar refractivity (Wildman–Crippen MR) is 102 cm³/mol. The van der Waals surface area contributed by atoms with E-state index >= 15 is 0 Å². The quantitative estimate of drug-likeness (QED) is 0.727. The number of aryl methyl sites for hydroxylation is 1. The molecule has 2 aliphatic rings. The zero-order chi connectivity index (χ0) is 18.8. The largest absolute Gasteiger partial charge is 0.314 e. The van der Waals surface area contributed by atoms with Gasteiger partial charge in [-0.3, -0.25) is 9.59 Å². The summed E-state index contributed by atoms with van der Waals surface area (Å²) in [6.07, 6.45) is 1.80. The first-order chi connectivity index (χ1) is 13.0. The van der Waals surface area contributed by atoms with E-state index < -0.39 is 5.41 Å². The second-order valence-corrected chi connectivity index (χ2v) is 7.12. The number of likely N-dealkylation sites (N-methyl/N-ethyl adjacent to an activating group) is 1. The number of carbonyl (C=O) groups excluding carboxylic acids is 2. The maximum absolute atomic E-state index is 13.5. The van der Waals surface area contributed by atoms with Crippen LogP contribution in [0.3, 0.4) is 0 Å². The highest BCUT2D eigenvalue weighted by Gasteiger charge is 2.56. The molecule has 0 saturated heterocycles. The number of nitrogens with zero attached hydrogens (tertiary/aromatic N) is 3. The summed E-state index contributed by atoms with van der Waals surface area (Å²) < 4.78 is 1.69. The number of amides is 2. The first-order valence-corrected chi connectivity index (χ1v) is 8.86. The highest BCUT2D eigenvalue weighted by atomic mass is 16.2. The van der Waals surface area contributed by atoms with Gasteiger partial charge in [-0.15, -0.1) is 0 Å². The van der Waals surface area contributed by atoms with Gasteiger partial charge >= 0.3 is 0 Å². The van der Waals surface area contributed by atoms with Gasteiger partial charge in [0.05, 0.1) is 17.6 Å². The molecule has 0 aliphatic carbocycles. The average molecular weight is 358 g/mol. The fraction of sp³-hybridized carbons (Fsp3) is 0.190. The summed E-state index contributed by atoms with van der Waals surface area (Å²) in [6.45, 7) is 1.98. The van der Waals surface area contributed by atoms with Crippen molar-refractivity contribution in [3.63, 3.8) is 0 Å². The molecule has 3 aromatic rings. The molecule has 2 aliphatic heterocycles. The van der Waals surface area contributed by atoms with E-state index in [1.165, 1.54) is 0 Å². The number of carbonyl (C=O) groups is 2. The SMILES string of the molecule is Cc1cccc2c1N(C)C(=O)C21CC(=O)Nc2c1cnn2-c1ccccc1. The molecule has 1 unspecified atom stereocenters. The molecule has 1 atom stereocenters. The first kappa shape index (κ1) is 15.8. The molecule has 0 saturated carbocycles.